The van der Waals surface area contributed by atoms with Gasteiger partial charge >= 0.3 is 0 Å². The van der Waals surface area contributed by atoms with E-state index in [1.807, 2.05) is 26.0 Å². The number of hydrogen-bond donors (Lipinski definition) is 2. The average Bonchev–Trinajstić information content (AvgIpc) is 2.36. The van der Waals surface area contributed by atoms with Gasteiger partial charge in [0.2, 0.25) is 5.91 Å². The molecule has 1 aromatic rings. The van der Waals surface area contributed by atoms with Crippen molar-refractivity contribution in [1.82, 2.24) is 10.6 Å². The number of ether oxygens (including phenoxy) is 1. The van der Waals surface area contributed by atoms with Crippen molar-refractivity contribution in [2.45, 2.75) is 44.7 Å². The molecule has 0 aromatic heterocycles. The molecule has 2 N–H and O–H groups in total. The average molecular weight is 276 g/mol. The summed E-state index contributed by atoms with van der Waals surface area (Å²) in [7, 11) is 1.69. The molecule has 2 rings (SSSR count). The predicted molar refractivity (Wildman–Crippen MR) is 80.0 cm³/mol. The van der Waals surface area contributed by atoms with Crippen LogP contribution in [-0.2, 0) is 4.79 Å². The van der Waals surface area contributed by atoms with E-state index in [-0.39, 0.29) is 11.9 Å². The maximum atomic E-state index is 11.5. The van der Waals surface area contributed by atoms with Crippen LogP contribution in [0.5, 0.6) is 5.75 Å². The monoisotopic (exact) mass is 276 g/mol. The van der Waals surface area contributed by atoms with Crippen molar-refractivity contribution in [1.29, 1.82) is 0 Å². The van der Waals surface area contributed by atoms with Gasteiger partial charge in [0.05, 0.1) is 13.7 Å². The molecule has 0 unspecified atom stereocenters. The standard InChI is InChI=1S/C16H24N2O2/c1-11(2)18-16(19)10-17-14-7-13(8-14)12-5-4-6-15(9-12)20-3/h4-6,9,11,13-14,17H,7-8,10H2,1-3H3,(H,18,19). The number of carbonyl (C=O) groups excluding carboxylic acids is 1. The second kappa shape index (κ2) is 6.75. The topological polar surface area (TPSA) is 50.4 Å². The van der Waals surface area contributed by atoms with Gasteiger partial charge in [0.1, 0.15) is 5.75 Å². The Bertz CT molecular complexity index is 454. The van der Waals surface area contributed by atoms with E-state index in [0.717, 1.165) is 18.6 Å². The third-order valence-corrected chi connectivity index (χ3v) is 3.70. The minimum atomic E-state index is 0.0739. The molecule has 0 heterocycles. The molecule has 0 aliphatic heterocycles. The van der Waals surface area contributed by atoms with Crippen molar-refractivity contribution in [3.63, 3.8) is 0 Å². The molecule has 110 valence electrons. The highest BCUT2D eigenvalue weighted by Crippen LogP contribution is 2.37. The zero-order chi connectivity index (χ0) is 14.5. The Kier molecular flexibility index (Phi) is 5.01. The molecule has 1 aliphatic carbocycles. The lowest BCUT2D eigenvalue weighted by Gasteiger charge is -2.36. The number of benzene rings is 1. The molecular formula is C16H24N2O2. The Hall–Kier alpha value is -1.55. The number of nitrogens with one attached hydrogen (secondary N) is 2. The van der Waals surface area contributed by atoms with Gasteiger partial charge in [-0.3, -0.25) is 4.79 Å². The van der Waals surface area contributed by atoms with Crippen molar-refractivity contribution in [2.75, 3.05) is 13.7 Å². The first-order chi connectivity index (χ1) is 9.58. The third kappa shape index (κ3) is 3.97. The van der Waals surface area contributed by atoms with Crippen molar-refractivity contribution < 1.29 is 9.53 Å². The number of rotatable bonds is 6. The van der Waals surface area contributed by atoms with Crippen molar-refractivity contribution in [2.24, 2.45) is 0 Å². The van der Waals surface area contributed by atoms with Gasteiger partial charge in [-0.1, -0.05) is 12.1 Å². The van der Waals surface area contributed by atoms with Crippen LogP contribution in [-0.4, -0.2) is 31.6 Å². The van der Waals surface area contributed by atoms with Crippen LogP contribution in [0.15, 0.2) is 24.3 Å². The molecule has 0 atom stereocenters. The van der Waals surface area contributed by atoms with Crippen LogP contribution < -0.4 is 15.4 Å². The molecule has 4 nitrogen and oxygen atoms in total. The van der Waals surface area contributed by atoms with Crippen LogP contribution >= 0.6 is 0 Å². The minimum absolute atomic E-state index is 0.0739. The van der Waals surface area contributed by atoms with Gasteiger partial charge in [-0.15, -0.1) is 0 Å². The van der Waals surface area contributed by atoms with E-state index in [0.29, 0.717) is 18.5 Å². The van der Waals surface area contributed by atoms with Crippen molar-refractivity contribution in [3.8, 4) is 5.75 Å². The maximum absolute atomic E-state index is 11.5. The van der Waals surface area contributed by atoms with Crippen LogP contribution in [0.1, 0.15) is 38.2 Å². The number of methoxy groups -OCH3 is 1. The summed E-state index contributed by atoms with van der Waals surface area (Å²) in [6.45, 7) is 4.35. The second-order valence-electron chi connectivity index (χ2n) is 5.74. The highest BCUT2D eigenvalue weighted by molar-refractivity contribution is 5.78. The normalized spacial score (nSPS) is 21.4. The van der Waals surface area contributed by atoms with Crippen molar-refractivity contribution in [3.05, 3.63) is 29.8 Å². The van der Waals surface area contributed by atoms with Gasteiger partial charge < -0.3 is 15.4 Å². The first kappa shape index (κ1) is 14.9. The molecule has 4 heteroatoms. The zero-order valence-electron chi connectivity index (χ0n) is 12.5. The van der Waals surface area contributed by atoms with Gasteiger partial charge in [0.25, 0.3) is 0 Å². The molecule has 1 saturated carbocycles. The Labute approximate surface area is 120 Å². The Balaban J connectivity index is 1.73. The Morgan fingerprint density at radius 3 is 2.80 bits per heavy atom. The Morgan fingerprint density at radius 2 is 2.15 bits per heavy atom. The van der Waals surface area contributed by atoms with E-state index in [1.165, 1.54) is 5.56 Å². The summed E-state index contributed by atoms with van der Waals surface area (Å²) in [5, 5.41) is 6.20. The summed E-state index contributed by atoms with van der Waals surface area (Å²) in [5.74, 6) is 1.57. The first-order valence-electron chi connectivity index (χ1n) is 7.25. The number of amides is 1. The predicted octanol–water partition coefficient (Wildman–Crippen LogP) is 2.06. The molecule has 0 bridgehead atoms. The zero-order valence-corrected chi connectivity index (χ0v) is 12.5. The molecule has 0 saturated heterocycles. The largest absolute Gasteiger partial charge is 0.497 e. The lowest BCUT2D eigenvalue weighted by Crippen LogP contribution is -2.46. The van der Waals surface area contributed by atoms with E-state index in [9.17, 15) is 4.79 Å². The third-order valence-electron chi connectivity index (χ3n) is 3.70. The van der Waals surface area contributed by atoms with Crippen LogP contribution in [0.25, 0.3) is 0 Å². The van der Waals surface area contributed by atoms with E-state index in [2.05, 4.69) is 22.8 Å². The lowest BCUT2D eigenvalue weighted by molar-refractivity contribution is -0.121. The molecule has 1 fully saturated rings. The Morgan fingerprint density at radius 1 is 1.40 bits per heavy atom. The molecule has 20 heavy (non-hydrogen) atoms. The van der Waals surface area contributed by atoms with E-state index in [4.69, 9.17) is 4.74 Å². The van der Waals surface area contributed by atoms with Gasteiger partial charge in [-0.2, -0.15) is 0 Å². The molecule has 1 aliphatic rings. The molecule has 0 radical (unpaired) electrons. The molecule has 1 amide bonds. The van der Waals surface area contributed by atoms with E-state index in [1.54, 1.807) is 7.11 Å². The SMILES string of the molecule is COc1cccc(C2CC(NCC(=O)NC(C)C)C2)c1. The van der Waals surface area contributed by atoms with Crippen LogP contribution in [0.4, 0.5) is 0 Å². The summed E-state index contributed by atoms with van der Waals surface area (Å²) in [5.41, 5.74) is 1.33. The second-order valence-corrected chi connectivity index (χ2v) is 5.74. The minimum Gasteiger partial charge on any atom is -0.497 e. The van der Waals surface area contributed by atoms with Gasteiger partial charge in [0.15, 0.2) is 0 Å². The number of carbonyl (C=O) groups is 1. The summed E-state index contributed by atoms with van der Waals surface area (Å²) < 4.78 is 5.25. The maximum Gasteiger partial charge on any atom is 0.234 e. The van der Waals surface area contributed by atoms with Crippen LogP contribution in [0, 0.1) is 0 Å². The van der Waals surface area contributed by atoms with Crippen molar-refractivity contribution >= 4 is 5.91 Å². The summed E-state index contributed by atoms with van der Waals surface area (Å²) in [4.78, 5) is 11.5. The molecule has 1 aromatic carbocycles. The highest BCUT2D eigenvalue weighted by atomic mass is 16.5. The van der Waals surface area contributed by atoms with E-state index >= 15 is 0 Å². The smallest absolute Gasteiger partial charge is 0.234 e. The fourth-order valence-corrected chi connectivity index (χ4v) is 2.56. The van der Waals surface area contributed by atoms with Crippen LogP contribution in [0.3, 0.4) is 0 Å². The highest BCUT2D eigenvalue weighted by Gasteiger charge is 2.30. The van der Waals surface area contributed by atoms with Gasteiger partial charge in [0, 0.05) is 12.1 Å². The lowest BCUT2D eigenvalue weighted by atomic mass is 9.76. The van der Waals surface area contributed by atoms with Crippen LogP contribution in [0.2, 0.25) is 0 Å². The first-order valence-corrected chi connectivity index (χ1v) is 7.25. The number of hydrogen-bond acceptors (Lipinski definition) is 3. The quantitative estimate of drug-likeness (QED) is 0.836. The van der Waals surface area contributed by atoms with Gasteiger partial charge in [-0.05, 0) is 50.3 Å². The molecule has 0 spiro atoms. The summed E-state index contributed by atoms with van der Waals surface area (Å²) in [6.07, 6.45) is 2.17. The van der Waals surface area contributed by atoms with Gasteiger partial charge in [-0.25, -0.2) is 0 Å². The fraction of sp³-hybridized carbons (Fsp3) is 0.562. The van der Waals surface area contributed by atoms with E-state index < -0.39 is 0 Å². The molecular weight excluding hydrogens is 252 g/mol. The fourth-order valence-electron chi connectivity index (χ4n) is 2.56. The summed E-state index contributed by atoms with van der Waals surface area (Å²) >= 11 is 0. The summed E-state index contributed by atoms with van der Waals surface area (Å²) in [6, 6.07) is 8.90.